The predicted octanol–water partition coefficient (Wildman–Crippen LogP) is 2.57. The van der Waals surface area contributed by atoms with Crippen molar-refractivity contribution in [1.29, 1.82) is 0 Å². The van der Waals surface area contributed by atoms with E-state index in [9.17, 15) is 9.18 Å². The second-order valence-corrected chi connectivity index (χ2v) is 3.88. The van der Waals surface area contributed by atoms with Crippen LogP contribution in [0.2, 0.25) is 5.15 Å². The summed E-state index contributed by atoms with van der Waals surface area (Å²) in [5, 5.41) is 0.428. The molecule has 80 valence electrons. The number of benzene rings is 1. The third-order valence-corrected chi connectivity index (χ3v) is 2.81. The van der Waals surface area contributed by atoms with Gasteiger partial charge in [0, 0.05) is 0 Å². The molecule has 1 aromatic carbocycles. The van der Waals surface area contributed by atoms with E-state index in [4.69, 9.17) is 11.6 Å². The molecule has 0 amide bonds. The Kier molecular flexibility index (Phi) is 1.82. The van der Waals surface area contributed by atoms with E-state index in [0.29, 0.717) is 21.7 Å². The van der Waals surface area contributed by atoms with Crippen LogP contribution in [0.4, 0.5) is 4.39 Å². The highest BCUT2D eigenvalue weighted by atomic mass is 35.5. The fourth-order valence-corrected chi connectivity index (χ4v) is 2.07. The van der Waals surface area contributed by atoms with Gasteiger partial charge in [-0.1, -0.05) is 11.6 Å². The van der Waals surface area contributed by atoms with Crippen LogP contribution in [0.3, 0.4) is 0 Å². The van der Waals surface area contributed by atoms with Crippen molar-refractivity contribution >= 4 is 28.2 Å². The van der Waals surface area contributed by atoms with Crippen LogP contribution < -0.4 is 5.56 Å². The van der Waals surface area contributed by atoms with E-state index in [-0.39, 0.29) is 5.56 Å². The standard InChI is InChI=1S/C11H6ClFN2O/c12-10-4-3-9-11(16)14-7-5-6(13)1-2-8(7)15(9)10/h1-5H,(H,14,16). The minimum Gasteiger partial charge on any atom is -0.319 e. The maximum atomic E-state index is 13.0. The fourth-order valence-electron chi connectivity index (χ4n) is 1.82. The molecule has 3 aromatic rings. The number of hydrogen-bond acceptors (Lipinski definition) is 1. The second-order valence-electron chi connectivity index (χ2n) is 3.49. The Bertz CT molecular complexity index is 760. The summed E-state index contributed by atoms with van der Waals surface area (Å²) in [4.78, 5) is 14.3. The summed E-state index contributed by atoms with van der Waals surface area (Å²) < 4.78 is 14.6. The lowest BCUT2D eigenvalue weighted by Crippen LogP contribution is -2.09. The summed E-state index contributed by atoms with van der Waals surface area (Å²) in [6.07, 6.45) is 0. The Hall–Kier alpha value is -1.81. The molecule has 0 atom stereocenters. The summed E-state index contributed by atoms with van der Waals surface area (Å²) in [6.45, 7) is 0. The van der Waals surface area contributed by atoms with Gasteiger partial charge in [-0.3, -0.25) is 9.20 Å². The van der Waals surface area contributed by atoms with Crippen LogP contribution in [0.5, 0.6) is 0 Å². The van der Waals surface area contributed by atoms with Crippen molar-refractivity contribution in [2.24, 2.45) is 0 Å². The Morgan fingerprint density at radius 1 is 1.19 bits per heavy atom. The molecular weight excluding hydrogens is 231 g/mol. The van der Waals surface area contributed by atoms with Crippen molar-refractivity contribution in [3.05, 3.63) is 51.7 Å². The van der Waals surface area contributed by atoms with Gasteiger partial charge >= 0.3 is 0 Å². The normalized spacial score (nSPS) is 11.4. The lowest BCUT2D eigenvalue weighted by Gasteiger charge is -2.03. The molecule has 0 fully saturated rings. The average Bonchev–Trinajstić information content (AvgIpc) is 2.61. The van der Waals surface area contributed by atoms with Crippen molar-refractivity contribution < 1.29 is 4.39 Å². The molecule has 0 spiro atoms. The molecule has 3 nitrogen and oxygen atoms in total. The zero-order valence-electron chi connectivity index (χ0n) is 8.00. The Balaban J connectivity index is 2.67. The van der Waals surface area contributed by atoms with Crippen LogP contribution in [0.25, 0.3) is 16.6 Å². The minimum absolute atomic E-state index is 0.287. The first-order valence-corrected chi connectivity index (χ1v) is 5.03. The summed E-state index contributed by atoms with van der Waals surface area (Å²) in [5.41, 5.74) is 1.26. The highest BCUT2D eigenvalue weighted by Crippen LogP contribution is 2.19. The highest BCUT2D eigenvalue weighted by molar-refractivity contribution is 6.30. The second kappa shape index (κ2) is 3.09. The van der Waals surface area contributed by atoms with E-state index in [1.165, 1.54) is 12.1 Å². The molecule has 1 N–H and O–H groups in total. The van der Waals surface area contributed by atoms with E-state index in [2.05, 4.69) is 4.98 Å². The Labute approximate surface area is 94.1 Å². The van der Waals surface area contributed by atoms with Gasteiger partial charge < -0.3 is 4.98 Å². The van der Waals surface area contributed by atoms with E-state index in [1.54, 1.807) is 22.6 Å². The van der Waals surface area contributed by atoms with E-state index in [0.717, 1.165) is 0 Å². The molecule has 16 heavy (non-hydrogen) atoms. The van der Waals surface area contributed by atoms with Crippen molar-refractivity contribution in [1.82, 2.24) is 9.38 Å². The van der Waals surface area contributed by atoms with Crippen LogP contribution in [0.15, 0.2) is 35.1 Å². The molecule has 0 unspecified atom stereocenters. The number of fused-ring (bicyclic) bond motifs is 3. The minimum atomic E-state index is -0.397. The topological polar surface area (TPSA) is 37.3 Å². The van der Waals surface area contributed by atoms with Gasteiger partial charge in [0.15, 0.2) is 0 Å². The van der Waals surface area contributed by atoms with Crippen molar-refractivity contribution in [3.63, 3.8) is 0 Å². The molecule has 0 aliphatic carbocycles. The van der Waals surface area contributed by atoms with Gasteiger partial charge in [-0.05, 0) is 30.3 Å². The number of rotatable bonds is 0. The Morgan fingerprint density at radius 2 is 1.94 bits per heavy atom. The van der Waals surface area contributed by atoms with Gasteiger partial charge in [-0.2, -0.15) is 0 Å². The van der Waals surface area contributed by atoms with Crippen molar-refractivity contribution in [3.8, 4) is 0 Å². The number of aromatic amines is 1. The van der Waals surface area contributed by atoms with Crippen molar-refractivity contribution in [2.45, 2.75) is 0 Å². The molecule has 2 aromatic heterocycles. The summed E-state index contributed by atoms with van der Waals surface area (Å²) >= 11 is 5.98. The first-order valence-electron chi connectivity index (χ1n) is 4.65. The molecule has 0 bridgehead atoms. The molecular formula is C11H6ClFN2O. The van der Waals surface area contributed by atoms with Gasteiger partial charge in [-0.15, -0.1) is 0 Å². The smallest absolute Gasteiger partial charge is 0.272 e. The van der Waals surface area contributed by atoms with Crippen LogP contribution in [0, 0.1) is 5.82 Å². The number of nitrogens with zero attached hydrogens (tertiary/aromatic N) is 1. The maximum absolute atomic E-state index is 13.0. The molecule has 5 heteroatoms. The van der Waals surface area contributed by atoms with E-state index < -0.39 is 5.82 Å². The summed E-state index contributed by atoms with van der Waals surface area (Å²) in [7, 11) is 0. The summed E-state index contributed by atoms with van der Waals surface area (Å²) in [5.74, 6) is -0.397. The zero-order chi connectivity index (χ0) is 11.3. The largest absolute Gasteiger partial charge is 0.319 e. The van der Waals surface area contributed by atoms with Gasteiger partial charge in [0.1, 0.15) is 16.5 Å². The lowest BCUT2D eigenvalue weighted by molar-refractivity contribution is 0.629. The van der Waals surface area contributed by atoms with Gasteiger partial charge in [0.2, 0.25) is 0 Å². The third-order valence-electron chi connectivity index (χ3n) is 2.51. The van der Waals surface area contributed by atoms with Crippen LogP contribution in [0.1, 0.15) is 0 Å². The number of nitrogens with one attached hydrogen (secondary N) is 1. The molecule has 0 aliphatic rings. The van der Waals surface area contributed by atoms with Gasteiger partial charge in [-0.25, -0.2) is 4.39 Å². The molecule has 0 radical (unpaired) electrons. The molecule has 0 saturated heterocycles. The SMILES string of the molecule is O=c1[nH]c2cc(F)ccc2n2c(Cl)ccc12. The maximum Gasteiger partial charge on any atom is 0.272 e. The van der Waals surface area contributed by atoms with Crippen molar-refractivity contribution in [2.75, 3.05) is 0 Å². The van der Waals surface area contributed by atoms with Crippen LogP contribution >= 0.6 is 11.6 Å². The van der Waals surface area contributed by atoms with Gasteiger partial charge in [0.25, 0.3) is 5.56 Å². The molecule has 3 rings (SSSR count). The number of aromatic nitrogens is 2. The fraction of sp³-hybridized carbons (Fsp3) is 0. The molecule has 0 aliphatic heterocycles. The first kappa shape index (κ1) is 9.42. The number of halogens is 2. The Morgan fingerprint density at radius 3 is 2.75 bits per heavy atom. The average molecular weight is 237 g/mol. The lowest BCUT2D eigenvalue weighted by atomic mass is 10.3. The number of H-pyrrole nitrogens is 1. The van der Waals surface area contributed by atoms with E-state index in [1.807, 2.05) is 0 Å². The molecule has 0 saturated carbocycles. The zero-order valence-corrected chi connectivity index (χ0v) is 8.75. The highest BCUT2D eigenvalue weighted by Gasteiger charge is 2.08. The van der Waals surface area contributed by atoms with Gasteiger partial charge in [0.05, 0.1) is 11.0 Å². The van der Waals surface area contributed by atoms with Crippen LogP contribution in [-0.2, 0) is 0 Å². The monoisotopic (exact) mass is 236 g/mol. The van der Waals surface area contributed by atoms with Crippen LogP contribution in [-0.4, -0.2) is 9.38 Å². The third kappa shape index (κ3) is 1.17. The predicted molar refractivity (Wildman–Crippen MR) is 60.5 cm³/mol. The summed E-state index contributed by atoms with van der Waals surface area (Å²) in [6, 6.07) is 7.45. The van der Waals surface area contributed by atoms with E-state index >= 15 is 0 Å². The molecule has 2 heterocycles. The first-order chi connectivity index (χ1) is 7.66. The number of hydrogen-bond donors (Lipinski definition) is 1. The quantitative estimate of drug-likeness (QED) is 0.640.